The van der Waals surface area contributed by atoms with E-state index in [0.29, 0.717) is 35.7 Å². The molecule has 0 spiro atoms. The highest BCUT2D eigenvalue weighted by atomic mass is 32.1. The van der Waals surface area contributed by atoms with Crippen molar-refractivity contribution < 1.29 is 13.2 Å². The Morgan fingerprint density at radius 2 is 2.04 bits per heavy atom. The fourth-order valence-corrected chi connectivity index (χ4v) is 2.62. The first kappa shape index (κ1) is 18.1. The summed E-state index contributed by atoms with van der Waals surface area (Å²) in [4.78, 5) is 1.96. The molecule has 2 heterocycles. The lowest BCUT2D eigenvalue weighted by Gasteiger charge is -2.23. The summed E-state index contributed by atoms with van der Waals surface area (Å²) >= 11 is 5.48. The zero-order valence-electron chi connectivity index (χ0n) is 14.3. The zero-order valence-corrected chi connectivity index (χ0v) is 15.1. The molecule has 0 atom stereocenters. The second-order valence-corrected chi connectivity index (χ2v) is 6.07. The summed E-state index contributed by atoms with van der Waals surface area (Å²) < 4.78 is 23.9. The molecule has 0 aliphatic carbocycles. The van der Waals surface area contributed by atoms with Crippen LogP contribution in [-0.2, 0) is 13.1 Å². The van der Waals surface area contributed by atoms with Crippen LogP contribution in [0.25, 0.3) is 11.7 Å². The number of hydrogen-bond acceptors (Lipinski definition) is 5. The van der Waals surface area contributed by atoms with Crippen molar-refractivity contribution >= 4 is 17.3 Å². The van der Waals surface area contributed by atoms with Crippen molar-refractivity contribution in [1.29, 1.82) is 0 Å². The standard InChI is InChI=1S/C18H19FN4O2S/c1-2-9-23(18(26)20-11-13-5-7-14(19)8-6-13)12-16-21-22-17(25-16)15-4-3-10-24-15/h3-8,10H,2,9,11-12H2,1H3,(H,20,26). The van der Waals surface area contributed by atoms with Gasteiger partial charge in [0, 0.05) is 13.1 Å². The molecule has 0 bridgehead atoms. The number of nitrogens with one attached hydrogen (secondary N) is 1. The van der Waals surface area contributed by atoms with Crippen molar-refractivity contribution in [2.75, 3.05) is 6.54 Å². The minimum atomic E-state index is -0.257. The summed E-state index contributed by atoms with van der Waals surface area (Å²) in [5.74, 6) is 1.07. The molecule has 6 nitrogen and oxygen atoms in total. The molecule has 136 valence electrons. The molecule has 1 N–H and O–H groups in total. The van der Waals surface area contributed by atoms with E-state index in [0.717, 1.165) is 18.5 Å². The van der Waals surface area contributed by atoms with Gasteiger partial charge in [-0.25, -0.2) is 4.39 Å². The highest BCUT2D eigenvalue weighted by Crippen LogP contribution is 2.18. The van der Waals surface area contributed by atoms with Gasteiger partial charge in [0.25, 0.3) is 5.89 Å². The van der Waals surface area contributed by atoms with Crippen molar-refractivity contribution in [2.24, 2.45) is 0 Å². The molecule has 0 aliphatic heterocycles. The Morgan fingerprint density at radius 3 is 2.73 bits per heavy atom. The van der Waals surface area contributed by atoms with Crippen LogP contribution < -0.4 is 5.32 Å². The summed E-state index contributed by atoms with van der Waals surface area (Å²) in [5, 5.41) is 11.8. The maximum atomic E-state index is 13.0. The highest BCUT2D eigenvalue weighted by Gasteiger charge is 2.16. The van der Waals surface area contributed by atoms with Gasteiger partial charge in [0.15, 0.2) is 10.9 Å². The lowest BCUT2D eigenvalue weighted by Crippen LogP contribution is -2.39. The van der Waals surface area contributed by atoms with E-state index >= 15 is 0 Å². The van der Waals surface area contributed by atoms with Gasteiger partial charge >= 0.3 is 0 Å². The lowest BCUT2D eigenvalue weighted by molar-refractivity contribution is 0.348. The molecule has 8 heteroatoms. The van der Waals surface area contributed by atoms with Gasteiger partial charge in [0.2, 0.25) is 5.89 Å². The summed E-state index contributed by atoms with van der Waals surface area (Å²) in [5.41, 5.74) is 0.947. The number of furan rings is 1. The predicted molar refractivity (Wildman–Crippen MR) is 98.5 cm³/mol. The van der Waals surface area contributed by atoms with Gasteiger partial charge in [0.05, 0.1) is 12.8 Å². The predicted octanol–water partition coefficient (Wildman–Crippen LogP) is 3.76. The fourth-order valence-electron chi connectivity index (χ4n) is 2.39. The van der Waals surface area contributed by atoms with Crippen LogP contribution >= 0.6 is 12.2 Å². The summed E-state index contributed by atoms with van der Waals surface area (Å²) in [7, 11) is 0. The van der Waals surface area contributed by atoms with Crippen molar-refractivity contribution in [2.45, 2.75) is 26.4 Å². The van der Waals surface area contributed by atoms with Crippen LogP contribution in [0.3, 0.4) is 0 Å². The molecule has 2 aromatic heterocycles. The van der Waals surface area contributed by atoms with Gasteiger partial charge in [-0.15, -0.1) is 10.2 Å². The monoisotopic (exact) mass is 374 g/mol. The molecule has 1 aromatic carbocycles. The van der Waals surface area contributed by atoms with E-state index in [1.807, 2.05) is 4.90 Å². The average molecular weight is 374 g/mol. The number of rotatable bonds is 7. The average Bonchev–Trinajstić information content (AvgIpc) is 3.32. The fraction of sp³-hybridized carbons (Fsp3) is 0.278. The van der Waals surface area contributed by atoms with Crippen LogP contribution in [0.2, 0.25) is 0 Å². The summed E-state index contributed by atoms with van der Waals surface area (Å²) in [6.45, 7) is 3.73. The molecule has 0 radical (unpaired) electrons. The Kier molecular flexibility index (Phi) is 5.96. The van der Waals surface area contributed by atoms with E-state index in [4.69, 9.17) is 21.1 Å². The van der Waals surface area contributed by atoms with E-state index in [9.17, 15) is 4.39 Å². The number of nitrogens with zero attached hydrogens (tertiary/aromatic N) is 3. The second-order valence-electron chi connectivity index (χ2n) is 5.68. The minimum Gasteiger partial charge on any atom is -0.459 e. The lowest BCUT2D eigenvalue weighted by atomic mass is 10.2. The molecule has 3 aromatic rings. The third-order valence-corrected chi connectivity index (χ3v) is 4.07. The molecular weight excluding hydrogens is 355 g/mol. The molecule has 0 unspecified atom stereocenters. The molecule has 0 amide bonds. The van der Waals surface area contributed by atoms with Crippen LogP contribution in [0.1, 0.15) is 24.8 Å². The molecule has 26 heavy (non-hydrogen) atoms. The van der Waals surface area contributed by atoms with Crippen molar-refractivity contribution in [3.8, 4) is 11.7 Å². The molecular formula is C18H19FN4O2S. The third kappa shape index (κ3) is 4.66. The summed E-state index contributed by atoms with van der Waals surface area (Å²) in [6, 6.07) is 9.83. The molecule has 3 rings (SSSR count). The Hall–Kier alpha value is -2.74. The van der Waals surface area contributed by atoms with Crippen LogP contribution in [0.15, 0.2) is 51.5 Å². The van der Waals surface area contributed by atoms with Gasteiger partial charge in [-0.1, -0.05) is 19.1 Å². The number of halogens is 1. The van der Waals surface area contributed by atoms with Crippen molar-refractivity contribution in [3.05, 3.63) is 59.9 Å². The van der Waals surface area contributed by atoms with Crippen molar-refractivity contribution in [1.82, 2.24) is 20.4 Å². The molecule has 0 saturated heterocycles. The van der Waals surface area contributed by atoms with Gasteiger partial charge in [-0.3, -0.25) is 0 Å². The molecule has 0 aliphatic rings. The van der Waals surface area contributed by atoms with Gasteiger partial charge in [-0.2, -0.15) is 0 Å². The minimum absolute atomic E-state index is 0.257. The first-order valence-electron chi connectivity index (χ1n) is 8.29. The molecule has 0 saturated carbocycles. The van der Waals surface area contributed by atoms with E-state index < -0.39 is 0 Å². The number of hydrogen-bond donors (Lipinski definition) is 1. The number of aromatic nitrogens is 2. The van der Waals surface area contributed by atoms with Crippen LogP contribution in [0.4, 0.5) is 4.39 Å². The quantitative estimate of drug-likeness (QED) is 0.632. The van der Waals surface area contributed by atoms with E-state index in [1.54, 1.807) is 30.5 Å². The van der Waals surface area contributed by atoms with Crippen LogP contribution in [0, 0.1) is 5.82 Å². The first-order chi connectivity index (χ1) is 12.7. The Labute approximate surface area is 156 Å². The van der Waals surface area contributed by atoms with Crippen molar-refractivity contribution in [3.63, 3.8) is 0 Å². The van der Waals surface area contributed by atoms with Gasteiger partial charge in [-0.05, 0) is 48.5 Å². The highest BCUT2D eigenvalue weighted by molar-refractivity contribution is 7.80. The number of benzene rings is 1. The maximum Gasteiger partial charge on any atom is 0.283 e. The van der Waals surface area contributed by atoms with Gasteiger partial charge in [0.1, 0.15) is 5.82 Å². The smallest absolute Gasteiger partial charge is 0.283 e. The molecule has 0 fully saturated rings. The Bertz CT molecular complexity index is 833. The van der Waals surface area contributed by atoms with Crippen LogP contribution in [-0.4, -0.2) is 26.8 Å². The van der Waals surface area contributed by atoms with E-state index in [-0.39, 0.29) is 5.82 Å². The number of thiocarbonyl (C=S) groups is 1. The SMILES string of the molecule is CCCN(Cc1nnc(-c2ccco2)o1)C(=S)NCc1ccc(F)cc1. The van der Waals surface area contributed by atoms with Gasteiger partial charge < -0.3 is 19.1 Å². The first-order valence-corrected chi connectivity index (χ1v) is 8.70. The largest absolute Gasteiger partial charge is 0.459 e. The Morgan fingerprint density at radius 1 is 1.23 bits per heavy atom. The zero-order chi connectivity index (χ0) is 18.4. The van der Waals surface area contributed by atoms with E-state index in [2.05, 4.69) is 22.4 Å². The summed E-state index contributed by atoms with van der Waals surface area (Å²) in [6.07, 6.45) is 2.47. The third-order valence-electron chi connectivity index (χ3n) is 3.66. The van der Waals surface area contributed by atoms with Crippen LogP contribution in [0.5, 0.6) is 0 Å². The Balaban J connectivity index is 1.60. The second kappa shape index (κ2) is 8.57. The maximum absolute atomic E-state index is 13.0. The topological polar surface area (TPSA) is 67.3 Å². The van der Waals surface area contributed by atoms with E-state index in [1.165, 1.54) is 12.1 Å². The normalized spacial score (nSPS) is 10.7.